The van der Waals surface area contributed by atoms with Crippen LogP contribution in [0.1, 0.15) is 13.3 Å². The smallest absolute Gasteiger partial charge is 0.315 e. The lowest BCUT2D eigenvalue weighted by Crippen LogP contribution is -2.07. The minimum Gasteiger partial charge on any atom is -0.465 e. The average Bonchev–Trinajstić information content (AvgIpc) is 1.98. The van der Waals surface area contributed by atoms with Gasteiger partial charge in [-0.2, -0.15) is 0 Å². The lowest BCUT2D eigenvalue weighted by molar-refractivity contribution is -0.139. The van der Waals surface area contributed by atoms with E-state index < -0.39 is 6.43 Å². The van der Waals surface area contributed by atoms with Gasteiger partial charge in [0.05, 0.1) is 12.4 Å². The summed E-state index contributed by atoms with van der Waals surface area (Å²) in [6.45, 7) is 2.05. The first-order valence-corrected chi connectivity index (χ1v) is 4.83. The first-order valence-electron chi connectivity index (χ1n) is 3.68. The largest absolute Gasteiger partial charge is 0.465 e. The number of thioether (sulfide) groups is 1. The number of rotatable bonds is 6. The Hall–Kier alpha value is -0.320. The third-order valence-corrected chi connectivity index (χ3v) is 1.97. The summed E-state index contributed by atoms with van der Waals surface area (Å²) in [5, 5.41) is 0. The Morgan fingerprint density at radius 1 is 1.58 bits per heavy atom. The highest BCUT2D eigenvalue weighted by molar-refractivity contribution is 7.99. The molecule has 0 saturated heterocycles. The van der Waals surface area contributed by atoms with E-state index in [0.29, 0.717) is 12.4 Å². The monoisotopic (exact) mass is 198 g/mol. The fraction of sp³-hybridized carbons (Fsp3) is 0.857. The number of alkyl halides is 2. The number of hydrogen-bond acceptors (Lipinski definition) is 3. The summed E-state index contributed by atoms with van der Waals surface area (Å²) >= 11 is 1.18. The number of carbonyl (C=O) groups is 1. The van der Waals surface area contributed by atoms with Crippen LogP contribution in [0.2, 0.25) is 0 Å². The van der Waals surface area contributed by atoms with Gasteiger partial charge in [-0.05, 0) is 12.7 Å². The molecule has 0 N–H and O–H groups in total. The number of hydrogen-bond donors (Lipinski definition) is 0. The van der Waals surface area contributed by atoms with Gasteiger partial charge in [0.2, 0.25) is 6.43 Å². The average molecular weight is 198 g/mol. The maximum Gasteiger partial charge on any atom is 0.315 e. The Kier molecular flexibility index (Phi) is 7.14. The van der Waals surface area contributed by atoms with Crippen LogP contribution in [0.5, 0.6) is 0 Å². The maximum atomic E-state index is 11.6. The molecule has 12 heavy (non-hydrogen) atoms. The van der Waals surface area contributed by atoms with E-state index in [-0.39, 0.29) is 18.1 Å². The molecule has 0 saturated carbocycles. The lowest BCUT2D eigenvalue weighted by Gasteiger charge is -2.00. The normalized spacial score (nSPS) is 10.3. The Bertz CT molecular complexity index is 131. The number of ether oxygens (including phenoxy) is 1. The van der Waals surface area contributed by atoms with Gasteiger partial charge >= 0.3 is 5.97 Å². The van der Waals surface area contributed by atoms with Crippen molar-refractivity contribution in [2.45, 2.75) is 19.8 Å². The molecule has 0 heterocycles. The van der Waals surface area contributed by atoms with Crippen LogP contribution in [0.4, 0.5) is 8.78 Å². The highest BCUT2D eigenvalue weighted by Crippen LogP contribution is 2.08. The molecule has 0 rings (SSSR count). The molecule has 0 atom stereocenters. The summed E-state index contributed by atoms with van der Waals surface area (Å²) in [4.78, 5) is 10.7. The summed E-state index contributed by atoms with van der Waals surface area (Å²) in [7, 11) is 0. The Morgan fingerprint density at radius 2 is 2.25 bits per heavy atom. The highest BCUT2D eigenvalue weighted by atomic mass is 32.2. The van der Waals surface area contributed by atoms with E-state index in [4.69, 9.17) is 0 Å². The van der Waals surface area contributed by atoms with E-state index in [9.17, 15) is 13.6 Å². The van der Waals surface area contributed by atoms with Crippen LogP contribution in [-0.2, 0) is 9.53 Å². The predicted octanol–water partition coefficient (Wildman–Crippen LogP) is 1.94. The first kappa shape index (κ1) is 11.7. The number of esters is 1. The minimum absolute atomic E-state index is 0.163. The van der Waals surface area contributed by atoms with Crippen LogP contribution in [-0.4, -0.2) is 30.5 Å². The Labute approximate surface area is 74.7 Å². The Balaban J connectivity index is 3.14. The second-order valence-corrected chi connectivity index (χ2v) is 3.14. The molecule has 0 aromatic rings. The van der Waals surface area contributed by atoms with Gasteiger partial charge in [0.15, 0.2) is 0 Å². The van der Waals surface area contributed by atoms with E-state index in [1.165, 1.54) is 11.8 Å². The maximum absolute atomic E-state index is 11.6. The second kappa shape index (κ2) is 7.34. The fourth-order valence-electron chi connectivity index (χ4n) is 0.531. The van der Waals surface area contributed by atoms with Crippen molar-refractivity contribution in [1.82, 2.24) is 0 Å². The van der Waals surface area contributed by atoms with Gasteiger partial charge < -0.3 is 4.74 Å². The van der Waals surface area contributed by atoms with Gasteiger partial charge in [-0.1, -0.05) is 0 Å². The summed E-state index contributed by atoms with van der Waals surface area (Å²) in [5.74, 6) is 0.133. The van der Waals surface area contributed by atoms with Gasteiger partial charge in [-0.3, -0.25) is 4.79 Å². The summed E-state index contributed by atoms with van der Waals surface area (Å²) in [5.41, 5.74) is 0. The zero-order chi connectivity index (χ0) is 9.40. The topological polar surface area (TPSA) is 26.3 Å². The van der Waals surface area contributed by atoms with Crippen molar-refractivity contribution in [3.63, 3.8) is 0 Å². The Morgan fingerprint density at radius 3 is 2.75 bits per heavy atom. The molecule has 2 nitrogen and oxygen atoms in total. The van der Waals surface area contributed by atoms with E-state index in [1.807, 2.05) is 0 Å². The van der Waals surface area contributed by atoms with Gasteiger partial charge in [0, 0.05) is 6.42 Å². The zero-order valence-electron chi connectivity index (χ0n) is 6.89. The molecule has 0 radical (unpaired) electrons. The molecule has 0 spiro atoms. The van der Waals surface area contributed by atoms with Crippen LogP contribution in [0.15, 0.2) is 0 Å². The van der Waals surface area contributed by atoms with Crippen LogP contribution in [0.25, 0.3) is 0 Å². The molecular formula is C7H12F2O2S. The molecule has 0 unspecified atom stereocenters. The summed E-state index contributed by atoms with van der Waals surface area (Å²) < 4.78 is 27.8. The third-order valence-electron chi connectivity index (χ3n) is 1.01. The molecule has 5 heteroatoms. The standard InChI is InChI=1S/C7H12F2O2S/c1-2-11-7(10)5-12-4-3-6(8)9/h6H,2-5H2,1H3. The second-order valence-electron chi connectivity index (χ2n) is 2.04. The quantitative estimate of drug-likeness (QED) is 0.482. The molecule has 0 aromatic heterocycles. The summed E-state index contributed by atoms with van der Waals surface area (Å²) in [6, 6.07) is 0. The molecule has 0 bridgehead atoms. The molecular weight excluding hydrogens is 186 g/mol. The zero-order valence-corrected chi connectivity index (χ0v) is 7.70. The van der Waals surface area contributed by atoms with E-state index in [2.05, 4.69) is 4.74 Å². The fourth-order valence-corrected chi connectivity index (χ4v) is 1.27. The molecule has 72 valence electrons. The van der Waals surface area contributed by atoms with Gasteiger partial charge in [-0.25, -0.2) is 8.78 Å². The molecule has 0 fully saturated rings. The predicted molar refractivity (Wildman–Crippen MR) is 44.6 cm³/mol. The molecule has 0 aliphatic rings. The van der Waals surface area contributed by atoms with E-state index in [1.54, 1.807) is 6.92 Å². The lowest BCUT2D eigenvalue weighted by atomic mass is 10.5. The van der Waals surface area contributed by atoms with Gasteiger partial charge in [0.25, 0.3) is 0 Å². The van der Waals surface area contributed by atoms with Crippen molar-refractivity contribution in [2.24, 2.45) is 0 Å². The third kappa shape index (κ3) is 7.78. The first-order chi connectivity index (χ1) is 5.66. The van der Waals surface area contributed by atoms with Crippen LogP contribution < -0.4 is 0 Å². The number of carbonyl (C=O) groups excluding carboxylic acids is 1. The van der Waals surface area contributed by atoms with E-state index in [0.717, 1.165) is 0 Å². The van der Waals surface area contributed by atoms with Crippen molar-refractivity contribution < 1.29 is 18.3 Å². The van der Waals surface area contributed by atoms with Gasteiger partial charge in [-0.15, -0.1) is 11.8 Å². The van der Waals surface area contributed by atoms with Crippen molar-refractivity contribution in [3.05, 3.63) is 0 Å². The van der Waals surface area contributed by atoms with Crippen LogP contribution >= 0.6 is 11.8 Å². The van der Waals surface area contributed by atoms with Crippen molar-refractivity contribution in [1.29, 1.82) is 0 Å². The van der Waals surface area contributed by atoms with E-state index >= 15 is 0 Å². The highest BCUT2D eigenvalue weighted by Gasteiger charge is 2.04. The van der Waals surface area contributed by atoms with Crippen LogP contribution in [0.3, 0.4) is 0 Å². The molecule has 0 amide bonds. The summed E-state index contributed by atoms with van der Waals surface area (Å²) in [6.07, 6.45) is -2.44. The molecule has 0 aliphatic heterocycles. The molecule has 0 aromatic carbocycles. The van der Waals surface area contributed by atoms with Crippen molar-refractivity contribution >= 4 is 17.7 Å². The van der Waals surface area contributed by atoms with Crippen molar-refractivity contribution in [2.75, 3.05) is 18.1 Å². The SMILES string of the molecule is CCOC(=O)CSCCC(F)F. The number of halogens is 2. The van der Waals surface area contributed by atoms with Crippen LogP contribution in [0, 0.1) is 0 Å². The van der Waals surface area contributed by atoms with Gasteiger partial charge in [0.1, 0.15) is 0 Å². The van der Waals surface area contributed by atoms with Crippen molar-refractivity contribution in [3.8, 4) is 0 Å². The minimum atomic E-state index is -2.28. The molecule has 0 aliphatic carbocycles.